The molecular weight excluding hydrogens is 372 g/mol. The maximum Gasteiger partial charge on any atom is 0.264 e. The highest BCUT2D eigenvalue weighted by molar-refractivity contribution is 7.94. The van der Waals surface area contributed by atoms with Crippen LogP contribution in [0.15, 0.2) is 53.9 Å². The zero-order chi connectivity index (χ0) is 18.2. The minimum absolute atomic E-state index is 0.281. The molecule has 0 saturated carbocycles. The van der Waals surface area contributed by atoms with Crippen LogP contribution in [0.25, 0.3) is 0 Å². The Bertz CT molecular complexity index is 938. The lowest BCUT2D eigenvalue weighted by Crippen LogP contribution is -2.42. The number of halogens is 3. The third-order valence-corrected chi connectivity index (χ3v) is 5.37. The molecule has 130 valence electrons. The molecule has 0 aliphatic carbocycles. The summed E-state index contributed by atoms with van der Waals surface area (Å²) in [6, 6.07) is 8.18. The molecule has 0 unspecified atom stereocenters. The molecule has 0 saturated heterocycles. The van der Waals surface area contributed by atoms with E-state index in [1.165, 1.54) is 30.3 Å². The second-order valence-electron chi connectivity index (χ2n) is 5.47. The van der Waals surface area contributed by atoms with Crippen LogP contribution in [0.5, 0.6) is 0 Å². The molecule has 1 heterocycles. The van der Waals surface area contributed by atoms with Gasteiger partial charge in [-0.2, -0.15) is 0 Å². The van der Waals surface area contributed by atoms with Crippen LogP contribution in [-0.4, -0.2) is 26.1 Å². The molecular formula is C17H12ClF2NO3S. The van der Waals surface area contributed by atoms with Crippen molar-refractivity contribution >= 4 is 33.0 Å². The van der Waals surface area contributed by atoms with Crippen LogP contribution >= 0.6 is 11.6 Å². The number of nitrogens with zero attached hydrogens (tertiary/aromatic N) is 1. The molecule has 0 N–H and O–H groups in total. The Morgan fingerprint density at radius 3 is 2.20 bits per heavy atom. The number of anilines is 1. The molecule has 2 aromatic rings. The van der Waals surface area contributed by atoms with Crippen molar-refractivity contribution in [3.63, 3.8) is 0 Å². The average molecular weight is 384 g/mol. The SMILES string of the molecule is O=C(c1c(F)cccc1F)N(c1ccc(Cl)cc1)[C@@H]1C=CS(=O)(=O)C1. The Morgan fingerprint density at radius 2 is 1.68 bits per heavy atom. The molecule has 4 nitrogen and oxygen atoms in total. The van der Waals surface area contributed by atoms with Gasteiger partial charge in [-0.25, -0.2) is 17.2 Å². The third-order valence-electron chi connectivity index (χ3n) is 3.74. The average Bonchev–Trinajstić information content (AvgIpc) is 2.89. The first-order valence-corrected chi connectivity index (χ1v) is 9.32. The van der Waals surface area contributed by atoms with Gasteiger partial charge in [0, 0.05) is 16.1 Å². The summed E-state index contributed by atoms with van der Waals surface area (Å²) in [5.74, 6) is -3.37. The number of carbonyl (C=O) groups is 1. The fourth-order valence-corrected chi connectivity index (χ4v) is 4.00. The fourth-order valence-electron chi connectivity index (χ4n) is 2.60. The largest absolute Gasteiger partial charge is 0.300 e. The molecule has 1 atom stereocenters. The summed E-state index contributed by atoms with van der Waals surface area (Å²) in [6.45, 7) is 0. The Hall–Kier alpha value is -2.25. The maximum absolute atomic E-state index is 14.0. The van der Waals surface area contributed by atoms with E-state index < -0.39 is 39.0 Å². The smallest absolute Gasteiger partial charge is 0.264 e. The van der Waals surface area contributed by atoms with Gasteiger partial charge in [0.25, 0.3) is 5.91 Å². The summed E-state index contributed by atoms with van der Waals surface area (Å²) in [7, 11) is -3.48. The topological polar surface area (TPSA) is 54.5 Å². The van der Waals surface area contributed by atoms with Gasteiger partial charge in [0.05, 0.1) is 11.8 Å². The van der Waals surface area contributed by atoms with Gasteiger partial charge in [0.15, 0.2) is 9.84 Å². The van der Waals surface area contributed by atoms with Crippen LogP contribution in [0.3, 0.4) is 0 Å². The molecule has 8 heteroatoms. The lowest BCUT2D eigenvalue weighted by atomic mass is 10.1. The molecule has 1 aliphatic heterocycles. The number of rotatable bonds is 3. The summed E-state index contributed by atoms with van der Waals surface area (Å²) in [5, 5.41) is 1.40. The number of hydrogen-bond acceptors (Lipinski definition) is 3. The summed E-state index contributed by atoms with van der Waals surface area (Å²) in [5.41, 5.74) is -0.459. The molecule has 0 bridgehead atoms. The van der Waals surface area contributed by atoms with E-state index in [2.05, 4.69) is 0 Å². The first-order chi connectivity index (χ1) is 11.8. The van der Waals surface area contributed by atoms with Gasteiger partial charge in [-0.3, -0.25) is 4.79 Å². The van der Waals surface area contributed by atoms with Gasteiger partial charge in [0.2, 0.25) is 0 Å². The van der Waals surface area contributed by atoms with Gasteiger partial charge in [-0.1, -0.05) is 17.7 Å². The highest BCUT2D eigenvalue weighted by Gasteiger charge is 2.34. The third kappa shape index (κ3) is 3.57. The van der Waals surface area contributed by atoms with Crippen molar-refractivity contribution in [2.45, 2.75) is 6.04 Å². The van der Waals surface area contributed by atoms with Gasteiger partial charge < -0.3 is 4.90 Å². The summed E-state index contributed by atoms with van der Waals surface area (Å²) < 4.78 is 51.5. The summed E-state index contributed by atoms with van der Waals surface area (Å²) >= 11 is 5.84. The Labute approximate surface area is 148 Å². The van der Waals surface area contributed by atoms with Gasteiger partial charge in [-0.05, 0) is 42.5 Å². The Kier molecular flexibility index (Phi) is 4.62. The minimum atomic E-state index is -3.48. The maximum atomic E-state index is 14.0. The number of amides is 1. The van der Waals surface area contributed by atoms with Crippen molar-refractivity contribution in [3.05, 3.63) is 76.2 Å². The van der Waals surface area contributed by atoms with Gasteiger partial charge >= 0.3 is 0 Å². The van der Waals surface area contributed by atoms with Gasteiger partial charge in [-0.15, -0.1) is 0 Å². The highest BCUT2D eigenvalue weighted by atomic mass is 35.5. The Balaban J connectivity index is 2.10. The van der Waals surface area contributed by atoms with Crippen molar-refractivity contribution in [1.82, 2.24) is 0 Å². The van der Waals surface area contributed by atoms with Crippen LogP contribution in [0.1, 0.15) is 10.4 Å². The van der Waals surface area contributed by atoms with Gasteiger partial charge in [0.1, 0.15) is 17.2 Å². The van der Waals surface area contributed by atoms with Crippen LogP contribution in [0.2, 0.25) is 5.02 Å². The van der Waals surface area contributed by atoms with E-state index in [-0.39, 0.29) is 11.4 Å². The van der Waals surface area contributed by atoms with Crippen molar-refractivity contribution in [2.24, 2.45) is 0 Å². The molecule has 1 aliphatic rings. The van der Waals surface area contributed by atoms with E-state index in [4.69, 9.17) is 11.6 Å². The van der Waals surface area contributed by atoms with E-state index >= 15 is 0 Å². The molecule has 0 spiro atoms. The molecule has 25 heavy (non-hydrogen) atoms. The summed E-state index contributed by atoms with van der Waals surface area (Å²) in [6.07, 6.45) is 1.32. The molecule has 1 amide bonds. The molecule has 2 aromatic carbocycles. The summed E-state index contributed by atoms with van der Waals surface area (Å²) in [4.78, 5) is 13.9. The van der Waals surface area contributed by atoms with Crippen molar-refractivity contribution in [3.8, 4) is 0 Å². The van der Waals surface area contributed by atoms with E-state index in [0.29, 0.717) is 5.02 Å². The minimum Gasteiger partial charge on any atom is -0.300 e. The van der Waals surface area contributed by atoms with E-state index in [1.54, 1.807) is 0 Å². The lowest BCUT2D eigenvalue weighted by Gasteiger charge is -2.28. The highest BCUT2D eigenvalue weighted by Crippen LogP contribution is 2.27. The zero-order valence-corrected chi connectivity index (χ0v) is 14.3. The van der Waals surface area contributed by atoms with Crippen molar-refractivity contribution in [1.29, 1.82) is 0 Å². The Morgan fingerprint density at radius 1 is 1.08 bits per heavy atom. The molecule has 0 radical (unpaired) electrons. The van der Waals surface area contributed by atoms with Crippen LogP contribution in [-0.2, 0) is 9.84 Å². The van der Waals surface area contributed by atoms with E-state index in [0.717, 1.165) is 28.5 Å². The second kappa shape index (κ2) is 6.57. The number of sulfone groups is 1. The monoisotopic (exact) mass is 383 g/mol. The number of carbonyl (C=O) groups excluding carboxylic acids is 1. The van der Waals surface area contributed by atoms with Crippen LogP contribution in [0.4, 0.5) is 14.5 Å². The second-order valence-corrected chi connectivity index (χ2v) is 7.84. The number of benzene rings is 2. The first kappa shape index (κ1) is 17.6. The normalized spacial score (nSPS) is 18.3. The quantitative estimate of drug-likeness (QED) is 0.814. The predicted octanol–water partition coefficient (Wildman–Crippen LogP) is 3.58. The predicted molar refractivity (Wildman–Crippen MR) is 91.3 cm³/mol. The van der Waals surface area contributed by atoms with E-state index in [1.807, 2.05) is 0 Å². The first-order valence-electron chi connectivity index (χ1n) is 7.22. The fraction of sp³-hybridized carbons (Fsp3) is 0.118. The van der Waals surface area contributed by atoms with Crippen LogP contribution in [0, 0.1) is 11.6 Å². The van der Waals surface area contributed by atoms with Crippen molar-refractivity contribution in [2.75, 3.05) is 10.7 Å². The van der Waals surface area contributed by atoms with Crippen LogP contribution < -0.4 is 4.90 Å². The lowest BCUT2D eigenvalue weighted by molar-refractivity contribution is 0.0975. The zero-order valence-electron chi connectivity index (χ0n) is 12.7. The number of hydrogen-bond donors (Lipinski definition) is 0. The van der Waals surface area contributed by atoms with E-state index in [9.17, 15) is 22.0 Å². The molecule has 3 rings (SSSR count). The molecule has 0 aromatic heterocycles. The van der Waals surface area contributed by atoms with Crippen molar-refractivity contribution < 1.29 is 22.0 Å². The standard InChI is InChI=1S/C17H12ClF2NO3S/c18-11-4-6-12(7-5-11)21(13-8-9-25(23,24)10-13)17(22)16-14(19)2-1-3-15(16)20/h1-9,13H,10H2/t13-/m1/s1. The molecule has 0 fully saturated rings.